The standard InChI is InChI=1S/C13H20N2OS/c1-10-11-6-9-17-12(11)5-8-15(10)13(16)4-2-3-7-14/h6,9-10H,2-5,7-8,14H2,1H3. The third-order valence-electron chi connectivity index (χ3n) is 3.44. The highest BCUT2D eigenvalue weighted by Crippen LogP contribution is 2.33. The largest absolute Gasteiger partial charge is 0.336 e. The summed E-state index contributed by atoms with van der Waals surface area (Å²) in [5.74, 6) is 0.280. The van der Waals surface area contributed by atoms with Gasteiger partial charge in [0.25, 0.3) is 0 Å². The van der Waals surface area contributed by atoms with Gasteiger partial charge in [-0.15, -0.1) is 11.3 Å². The molecule has 1 atom stereocenters. The van der Waals surface area contributed by atoms with Crippen molar-refractivity contribution < 1.29 is 4.79 Å². The molecule has 1 aromatic heterocycles. The normalized spacial score (nSPS) is 19.2. The number of thiophene rings is 1. The first-order valence-electron chi connectivity index (χ1n) is 6.30. The van der Waals surface area contributed by atoms with E-state index in [-0.39, 0.29) is 11.9 Å². The van der Waals surface area contributed by atoms with Crippen LogP contribution in [0.5, 0.6) is 0 Å². The molecule has 0 radical (unpaired) electrons. The Bertz CT molecular complexity index is 389. The molecule has 0 aliphatic carbocycles. The van der Waals surface area contributed by atoms with Crippen LogP contribution in [0.1, 0.15) is 42.7 Å². The third kappa shape index (κ3) is 2.69. The van der Waals surface area contributed by atoms with Crippen molar-refractivity contribution in [2.24, 2.45) is 5.73 Å². The fraction of sp³-hybridized carbons (Fsp3) is 0.615. The van der Waals surface area contributed by atoms with E-state index in [1.54, 1.807) is 0 Å². The zero-order chi connectivity index (χ0) is 12.3. The van der Waals surface area contributed by atoms with E-state index in [0.29, 0.717) is 13.0 Å². The van der Waals surface area contributed by atoms with E-state index in [0.717, 1.165) is 25.8 Å². The van der Waals surface area contributed by atoms with Gasteiger partial charge < -0.3 is 10.6 Å². The van der Waals surface area contributed by atoms with E-state index < -0.39 is 0 Å². The van der Waals surface area contributed by atoms with Gasteiger partial charge in [-0.05, 0) is 49.7 Å². The summed E-state index contributed by atoms with van der Waals surface area (Å²) in [5, 5.41) is 2.13. The fourth-order valence-electron chi connectivity index (χ4n) is 2.41. The van der Waals surface area contributed by atoms with Crippen molar-refractivity contribution >= 4 is 17.2 Å². The van der Waals surface area contributed by atoms with Gasteiger partial charge >= 0.3 is 0 Å². The topological polar surface area (TPSA) is 46.3 Å². The second-order valence-electron chi connectivity index (χ2n) is 4.56. The molecule has 2 N–H and O–H groups in total. The maximum absolute atomic E-state index is 12.1. The molecule has 2 rings (SSSR count). The number of nitrogens with zero attached hydrogens (tertiary/aromatic N) is 1. The second kappa shape index (κ2) is 5.65. The first-order valence-corrected chi connectivity index (χ1v) is 7.18. The van der Waals surface area contributed by atoms with Gasteiger partial charge in [0.15, 0.2) is 0 Å². The van der Waals surface area contributed by atoms with E-state index in [9.17, 15) is 4.79 Å². The Morgan fingerprint density at radius 2 is 2.41 bits per heavy atom. The molecule has 1 amide bonds. The minimum atomic E-state index is 0.246. The van der Waals surface area contributed by atoms with Crippen molar-refractivity contribution in [2.75, 3.05) is 13.1 Å². The summed E-state index contributed by atoms with van der Waals surface area (Å²) in [7, 11) is 0. The highest BCUT2D eigenvalue weighted by atomic mass is 32.1. The van der Waals surface area contributed by atoms with Crippen molar-refractivity contribution in [2.45, 2.75) is 38.6 Å². The van der Waals surface area contributed by atoms with E-state index in [1.165, 1.54) is 10.4 Å². The van der Waals surface area contributed by atoms with Crippen LogP contribution >= 0.6 is 11.3 Å². The molecule has 1 aliphatic heterocycles. The summed E-state index contributed by atoms with van der Waals surface area (Å²) in [6.07, 6.45) is 3.51. The number of rotatable bonds is 4. The molecule has 0 fully saturated rings. The monoisotopic (exact) mass is 252 g/mol. The van der Waals surface area contributed by atoms with Gasteiger partial charge in [-0.2, -0.15) is 0 Å². The van der Waals surface area contributed by atoms with Crippen LogP contribution in [0.4, 0.5) is 0 Å². The Labute approximate surface area is 107 Å². The number of nitrogens with two attached hydrogens (primary N) is 1. The Morgan fingerprint density at radius 1 is 1.59 bits per heavy atom. The molecule has 0 aromatic carbocycles. The van der Waals surface area contributed by atoms with Crippen LogP contribution in [0.15, 0.2) is 11.4 Å². The molecule has 0 bridgehead atoms. The second-order valence-corrected chi connectivity index (χ2v) is 5.56. The third-order valence-corrected chi connectivity index (χ3v) is 4.44. The van der Waals surface area contributed by atoms with Crippen molar-refractivity contribution in [3.8, 4) is 0 Å². The highest BCUT2D eigenvalue weighted by Gasteiger charge is 2.27. The Kier molecular flexibility index (Phi) is 4.18. The summed E-state index contributed by atoms with van der Waals surface area (Å²) in [4.78, 5) is 15.6. The summed E-state index contributed by atoms with van der Waals surface area (Å²) >= 11 is 1.81. The number of carbonyl (C=O) groups is 1. The lowest BCUT2D eigenvalue weighted by Gasteiger charge is -2.33. The molecular weight excluding hydrogens is 232 g/mol. The quantitative estimate of drug-likeness (QED) is 0.836. The van der Waals surface area contributed by atoms with E-state index in [4.69, 9.17) is 5.73 Å². The Balaban J connectivity index is 1.97. The number of unbranched alkanes of at least 4 members (excludes halogenated alkanes) is 1. The van der Waals surface area contributed by atoms with Crippen LogP contribution in [0.3, 0.4) is 0 Å². The van der Waals surface area contributed by atoms with Crippen LogP contribution in [-0.2, 0) is 11.2 Å². The van der Waals surface area contributed by atoms with Gasteiger partial charge in [-0.1, -0.05) is 0 Å². The first-order chi connectivity index (χ1) is 8.24. The number of hydrogen-bond donors (Lipinski definition) is 1. The van der Waals surface area contributed by atoms with E-state index >= 15 is 0 Å². The lowest BCUT2D eigenvalue weighted by molar-refractivity contribution is -0.133. The molecule has 17 heavy (non-hydrogen) atoms. The minimum absolute atomic E-state index is 0.246. The van der Waals surface area contributed by atoms with Gasteiger partial charge in [-0.3, -0.25) is 4.79 Å². The minimum Gasteiger partial charge on any atom is -0.336 e. The molecule has 2 heterocycles. The molecule has 4 heteroatoms. The Hall–Kier alpha value is -0.870. The molecule has 3 nitrogen and oxygen atoms in total. The molecule has 0 saturated carbocycles. The molecule has 94 valence electrons. The lowest BCUT2D eigenvalue weighted by atomic mass is 10.0. The zero-order valence-corrected chi connectivity index (χ0v) is 11.1. The molecule has 1 aliphatic rings. The van der Waals surface area contributed by atoms with Gasteiger partial charge in [0.05, 0.1) is 6.04 Å². The van der Waals surface area contributed by atoms with Gasteiger partial charge in [0.2, 0.25) is 5.91 Å². The first kappa shape index (κ1) is 12.6. The maximum atomic E-state index is 12.1. The van der Waals surface area contributed by atoms with Crippen LogP contribution in [0, 0.1) is 0 Å². The lowest BCUT2D eigenvalue weighted by Crippen LogP contribution is -2.38. The summed E-state index contributed by atoms with van der Waals surface area (Å²) in [6, 6.07) is 2.40. The van der Waals surface area contributed by atoms with Crippen molar-refractivity contribution in [1.29, 1.82) is 0 Å². The van der Waals surface area contributed by atoms with Gasteiger partial charge in [0, 0.05) is 17.8 Å². The van der Waals surface area contributed by atoms with Crippen LogP contribution in [-0.4, -0.2) is 23.9 Å². The maximum Gasteiger partial charge on any atom is 0.223 e. The highest BCUT2D eigenvalue weighted by molar-refractivity contribution is 7.10. The van der Waals surface area contributed by atoms with E-state index in [1.807, 2.05) is 16.2 Å². The molecule has 0 saturated heterocycles. The van der Waals surface area contributed by atoms with Crippen LogP contribution in [0.2, 0.25) is 0 Å². The number of hydrogen-bond acceptors (Lipinski definition) is 3. The average molecular weight is 252 g/mol. The van der Waals surface area contributed by atoms with E-state index in [2.05, 4.69) is 18.4 Å². The van der Waals surface area contributed by atoms with Crippen LogP contribution < -0.4 is 5.73 Å². The number of fused-ring (bicyclic) bond motifs is 1. The van der Waals surface area contributed by atoms with Crippen molar-refractivity contribution in [3.63, 3.8) is 0 Å². The SMILES string of the molecule is CC1c2ccsc2CCN1C(=O)CCCCN. The summed E-state index contributed by atoms with van der Waals surface area (Å²) < 4.78 is 0. The van der Waals surface area contributed by atoms with Crippen LogP contribution in [0.25, 0.3) is 0 Å². The van der Waals surface area contributed by atoms with Gasteiger partial charge in [0.1, 0.15) is 0 Å². The smallest absolute Gasteiger partial charge is 0.223 e. The fourth-order valence-corrected chi connectivity index (χ4v) is 3.38. The summed E-state index contributed by atoms with van der Waals surface area (Å²) in [5.41, 5.74) is 6.79. The zero-order valence-electron chi connectivity index (χ0n) is 10.3. The van der Waals surface area contributed by atoms with Crippen molar-refractivity contribution in [1.82, 2.24) is 4.90 Å². The molecule has 0 spiro atoms. The van der Waals surface area contributed by atoms with Gasteiger partial charge in [-0.25, -0.2) is 0 Å². The molecule has 1 unspecified atom stereocenters. The molecule has 1 aromatic rings. The average Bonchev–Trinajstić information content (AvgIpc) is 2.78. The van der Waals surface area contributed by atoms with Crippen molar-refractivity contribution in [3.05, 3.63) is 21.9 Å². The Morgan fingerprint density at radius 3 is 3.18 bits per heavy atom. The predicted octanol–water partition coefficient (Wildman–Crippen LogP) is 2.32. The molecular formula is C13H20N2OS. The number of amides is 1. The predicted molar refractivity (Wildman–Crippen MR) is 71.1 cm³/mol. The summed E-state index contributed by atoms with van der Waals surface area (Å²) in [6.45, 7) is 3.68. The number of carbonyl (C=O) groups excluding carboxylic acids is 1.